The molecule has 6 heteroatoms. The predicted molar refractivity (Wildman–Crippen MR) is 132 cm³/mol. The van der Waals surface area contributed by atoms with Crippen molar-refractivity contribution in [2.45, 2.75) is 31.2 Å². The van der Waals surface area contributed by atoms with E-state index in [1.54, 1.807) is 12.1 Å². The highest BCUT2D eigenvalue weighted by atomic mass is 16.6. The number of allylic oxidation sites excluding steroid dienone is 2. The van der Waals surface area contributed by atoms with E-state index in [2.05, 4.69) is 29.6 Å². The molecule has 0 aromatic heterocycles. The van der Waals surface area contributed by atoms with Gasteiger partial charge in [0, 0.05) is 41.5 Å². The molecule has 34 heavy (non-hydrogen) atoms. The Morgan fingerprint density at radius 1 is 1.06 bits per heavy atom. The number of non-ortho nitro benzene ring substituents is 1. The number of rotatable bonds is 3. The first-order valence-corrected chi connectivity index (χ1v) is 11.8. The molecule has 0 saturated heterocycles. The van der Waals surface area contributed by atoms with Gasteiger partial charge in [-0.05, 0) is 66.1 Å². The SMILES string of the molecule is O=C(c1ccc2c(c1)[C@H]1C=CC[C@@H]1[C@@H](c1ccc([N+](=O)[O-])cc1)N2)N1CCCc2ccccc21. The molecule has 0 spiro atoms. The Hall–Kier alpha value is -3.93. The van der Waals surface area contributed by atoms with E-state index in [1.807, 2.05) is 47.4 Å². The molecule has 0 fully saturated rings. The zero-order chi connectivity index (χ0) is 23.2. The number of hydrogen-bond acceptors (Lipinski definition) is 4. The second-order valence-corrected chi connectivity index (χ2v) is 9.32. The molecule has 170 valence electrons. The highest BCUT2D eigenvalue weighted by Gasteiger charge is 2.38. The van der Waals surface area contributed by atoms with E-state index in [1.165, 1.54) is 5.56 Å². The van der Waals surface area contributed by atoms with E-state index in [0.717, 1.165) is 48.3 Å². The van der Waals surface area contributed by atoms with Crippen LogP contribution in [0.2, 0.25) is 0 Å². The first-order chi connectivity index (χ1) is 16.6. The van der Waals surface area contributed by atoms with Gasteiger partial charge in [0.1, 0.15) is 0 Å². The van der Waals surface area contributed by atoms with Gasteiger partial charge in [-0.3, -0.25) is 14.9 Å². The Balaban J connectivity index is 1.32. The van der Waals surface area contributed by atoms with E-state index in [-0.39, 0.29) is 28.5 Å². The number of anilines is 2. The lowest BCUT2D eigenvalue weighted by Gasteiger charge is -2.38. The Morgan fingerprint density at radius 2 is 1.88 bits per heavy atom. The third-order valence-corrected chi connectivity index (χ3v) is 7.43. The van der Waals surface area contributed by atoms with E-state index in [0.29, 0.717) is 11.5 Å². The Kier molecular flexibility index (Phi) is 4.94. The second-order valence-electron chi connectivity index (χ2n) is 9.32. The van der Waals surface area contributed by atoms with Gasteiger partial charge in [-0.1, -0.05) is 42.5 Å². The zero-order valence-corrected chi connectivity index (χ0v) is 18.7. The third kappa shape index (κ3) is 3.37. The average molecular weight is 452 g/mol. The highest BCUT2D eigenvalue weighted by molar-refractivity contribution is 6.07. The van der Waals surface area contributed by atoms with Crippen molar-refractivity contribution in [3.8, 4) is 0 Å². The minimum Gasteiger partial charge on any atom is -0.378 e. The van der Waals surface area contributed by atoms with Crippen LogP contribution in [0.5, 0.6) is 0 Å². The predicted octanol–water partition coefficient (Wildman–Crippen LogP) is 6.01. The largest absolute Gasteiger partial charge is 0.378 e. The number of hydrogen-bond donors (Lipinski definition) is 1. The summed E-state index contributed by atoms with van der Waals surface area (Å²) in [6, 6.07) is 21.1. The van der Waals surface area contributed by atoms with Gasteiger partial charge in [0.2, 0.25) is 0 Å². The van der Waals surface area contributed by atoms with Crippen molar-refractivity contribution in [3.63, 3.8) is 0 Å². The maximum absolute atomic E-state index is 13.5. The number of nitrogens with zero attached hydrogens (tertiary/aromatic N) is 2. The van der Waals surface area contributed by atoms with Crippen LogP contribution in [0.1, 0.15) is 51.8 Å². The summed E-state index contributed by atoms with van der Waals surface area (Å²) in [7, 11) is 0. The lowest BCUT2D eigenvalue weighted by molar-refractivity contribution is -0.384. The first kappa shape index (κ1) is 20.7. The van der Waals surface area contributed by atoms with Gasteiger partial charge in [-0.2, -0.15) is 0 Å². The molecule has 0 radical (unpaired) electrons. The standard InChI is InChI=1S/C28H25N3O3/c32-28(30-16-4-6-18-5-1-2-9-26(18)30)20-12-15-25-24(17-20)22-7-3-8-23(22)27(29-25)19-10-13-21(14-11-19)31(33)34/h1-3,5,7,9-15,17,22-23,27,29H,4,6,8,16H2/t22-,23-,27+/m0/s1. The molecular formula is C28H25N3O3. The molecule has 6 rings (SSSR count). The molecule has 3 aromatic rings. The summed E-state index contributed by atoms with van der Waals surface area (Å²) in [6.07, 6.45) is 7.36. The number of benzene rings is 3. The fourth-order valence-electron chi connectivity index (χ4n) is 5.76. The number of nitro benzene ring substituents is 1. The molecule has 2 aliphatic heterocycles. The number of fused-ring (bicyclic) bond motifs is 4. The van der Waals surface area contributed by atoms with Crippen molar-refractivity contribution in [1.82, 2.24) is 0 Å². The number of carbonyl (C=O) groups excluding carboxylic acids is 1. The number of nitro groups is 1. The van der Waals surface area contributed by atoms with Crippen LogP contribution in [-0.4, -0.2) is 17.4 Å². The van der Waals surface area contributed by atoms with Gasteiger partial charge in [-0.25, -0.2) is 0 Å². The van der Waals surface area contributed by atoms with Gasteiger partial charge in [-0.15, -0.1) is 0 Å². The highest BCUT2D eigenvalue weighted by Crippen LogP contribution is 2.50. The average Bonchev–Trinajstić information content (AvgIpc) is 3.38. The van der Waals surface area contributed by atoms with Crippen molar-refractivity contribution < 1.29 is 9.72 Å². The van der Waals surface area contributed by atoms with Gasteiger partial charge in [0.05, 0.1) is 11.0 Å². The summed E-state index contributed by atoms with van der Waals surface area (Å²) in [4.78, 5) is 26.1. The summed E-state index contributed by atoms with van der Waals surface area (Å²) in [5, 5.41) is 14.7. The van der Waals surface area contributed by atoms with E-state index in [4.69, 9.17) is 0 Å². The maximum Gasteiger partial charge on any atom is 0.269 e. The van der Waals surface area contributed by atoms with Crippen LogP contribution in [0, 0.1) is 16.0 Å². The molecule has 0 unspecified atom stereocenters. The molecule has 0 bridgehead atoms. The maximum atomic E-state index is 13.5. The minimum absolute atomic E-state index is 0.0472. The number of amides is 1. The minimum atomic E-state index is -0.368. The van der Waals surface area contributed by atoms with E-state index < -0.39 is 0 Å². The molecule has 3 aromatic carbocycles. The van der Waals surface area contributed by atoms with Crippen molar-refractivity contribution in [2.24, 2.45) is 5.92 Å². The number of para-hydroxylation sites is 1. The van der Waals surface area contributed by atoms with Gasteiger partial charge in [0.25, 0.3) is 11.6 Å². The van der Waals surface area contributed by atoms with Crippen molar-refractivity contribution in [3.05, 3.63) is 111 Å². The van der Waals surface area contributed by atoms with Crippen molar-refractivity contribution in [2.75, 3.05) is 16.8 Å². The zero-order valence-electron chi connectivity index (χ0n) is 18.7. The van der Waals surface area contributed by atoms with Gasteiger partial charge in [0.15, 0.2) is 0 Å². The number of nitrogens with one attached hydrogen (secondary N) is 1. The van der Waals surface area contributed by atoms with Crippen LogP contribution in [0.15, 0.2) is 78.9 Å². The topological polar surface area (TPSA) is 75.5 Å². The van der Waals surface area contributed by atoms with Crippen LogP contribution in [0.25, 0.3) is 0 Å². The van der Waals surface area contributed by atoms with Crippen LogP contribution >= 0.6 is 0 Å². The summed E-state index contributed by atoms with van der Waals surface area (Å²) in [5.41, 5.74) is 6.27. The monoisotopic (exact) mass is 451 g/mol. The Labute approximate surface area is 198 Å². The van der Waals surface area contributed by atoms with Crippen LogP contribution in [0.4, 0.5) is 17.1 Å². The van der Waals surface area contributed by atoms with E-state index >= 15 is 0 Å². The van der Waals surface area contributed by atoms with Crippen molar-refractivity contribution in [1.29, 1.82) is 0 Å². The molecule has 3 atom stereocenters. The molecule has 0 saturated carbocycles. The van der Waals surface area contributed by atoms with Gasteiger partial charge >= 0.3 is 0 Å². The third-order valence-electron chi connectivity index (χ3n) is 7.43. The summed E-state index contributed by atoms with van der Waals surface area (Å²) >= 11 is 0. The molecule has 1 N–H and O–H groups in total. The quantitative estimate of drug-likeness (QED) is 0.300. The molecule has 1 aliphatic carbocycles. The second kappa shape index (κ2) is 8.13. The van der Waals surface area contributed by atoms with Crippen LogP contribution < -0.4 is 10.2 Å². The lowest BCUT2D eigenvalue weighted by atomic mass is 9.76. The fourth-order valence-corrected chi connectivity index (χ4v) is 5.76. The molecular weight excluding hydrogens is 426 g/mol. The van der Waals surface area contributed by atoms with E-state index in [9.17, 15) is 14.9 Å². The van der Waals surface area contributed by atoms with Crippen LogP contribution in [0.3, 0.4) is 0 Å². The van der Waals surface area contributed by atoms with Gasteiger partial charge < -0.3 is 10.2 Å². The summed E-state index contributed by atoms with van der Waals surface area (Å²) in [6.45, 7) is 0.735. The molecule has 1 amide bonds. The first-order valence-electron chi connectivity index (χ1n) is 11.8. The molecule has 3 aliphatic rings. The fraction of sp³-hybridized carbons (Fsp3) is 0.250. The summed E-state index contributed by atoms with van der Waals surface area (Å²) in [5.74, 6) is 0.554. The smallest absolute Gasteiger partial charge is 0.269 e. The normalized spacial score (nSPS) is 22.4. The summed E-state index contributed by atoms with van der Waals surface area (Å²) < 4.78 is 0. The van der Waals surface area contributed by atoms with Crippen molar-refractivity contribution >= 4 is 23.0 Å². The Bertz CT molecular complexity index is 1310. The number of carbonyl (C=O) groups is 1. The lowest BCUT2D eigenvalue weighted by Crippen LogP contribution is -2.36. The van der Waals surface area contributed by atoms with Crippen LogP contribution in [-0.2, 0) is 6.42 Å². The molecule has 2 heterocycles. The number of aryl methyl sites for hydroxylation is 1. The Morgan fingerprint density at radius 3 is 2.71 bits per heavy atom. The molecule has 6 nitrogen and oxygen atoms in total.